The zero-order valence-corrected chi connectivity index (χ0v) is 12.4. The van der Waals surface area contributed by atoms with Crippen molar-refractivity contribution in [1.29, 1.82) is 0 Å². The minimum Gasteiger partial charge on any atom is -0.495 e. The van der Waals surface area contributed by atoms with E-state index in [1.54, 1.807) is 31.3 Å². The van der Waals surface area contributed by atoms with Crippen molar-refractivity contribution in [3.63, 3.8) is 0 Å². The van der Waals surface area contributed by atoms with Crippen molar-refractivity contribution in [3.8, 4) is 5.75 Å². The van der Waals surface area contributed by atoms with Crippen molar-refractivity contribution < 1.29 is 9.53 Å². The van der Waals surface area contributed by atoms with Crippen LogP contribution in [0.2, 0.25) is 0 Å². The predicted molar refractivity (Wildman–Crippen MR) is 85.6 cm³/mol. The number of fused-ring (bicyclic) bond motifs is 1. The number of benzene rings is 2. The first-order valence-corrected chi connectivity index (χ1v) is 6.90. The second-order valence-corrected chi connectivity index (χ2v) is 4.98. The number of aromatic nitrogens is 1. The average Bonchev–Trinajstić information content (AvgIpc) is 2.58. The molecule has 0 radical (unpaired) electrons. The molecule has 0 aliphatic heterocycles. The lowest BCUT2D eigenvalue weighted by molar-refractivity contribution is 0.103. The Morgan fingerprint density at radius 1 is 1.00 bits per heavy atom. The van der Waals surface area contributed by atoms with E-state index in [0.29, 0.717) is 11.3 Å². The van der Waals surface area contributed by atoms with Crippen LogP contribution in [0.25, 0.3) is 10.9 Å². The Balaban J connectivity index is 2.37. The lowest BCUT2D eigenvalue weighted by Gasteiger charge is -2.13. The molecule has 0 amide bonds. The number of para-hydroxylation sites is 1. The second kappa shape index (κ2) is 5.48. The van der Waals surface area contributed by atoms with Gasteiger partial charge in [0.25, 0.3) is 5.56 Å². The van der Waals surface area contributed by atoms with E-state index in [2.05, 4.69) is 0 Å². The Hall–Kier alpha value is -2.88. The van der Waals surface area contributed by atoms with Crippen molar-refractivity contribution in [2.24, 2.45) is 7.05 Å². The Morgan fingerprint density at radius 3 is 2.32 bits per heavy atom. The Kier molecular flexibility index (Phi) is 3.51. The minimum absolute atomic E-state index is 0.0647. The molecular formula is C18H15NO3. The molecule has 0 unspecified atom stereocenters. The van der Waals surface area contributed by atoms with E-state index in [0.717, 1.165) is 10.9 Å². The van der Waals surface area contributed by atoms with Crippen LogP contribution in [0.5, 0.6) is 5.75 Å². The van der Waals surface area contributed by atoms with Gasteiger partial charge in [0.2, 0.25) is 5.78 Å². The fourth-order valence-electron chi connectivity index (χ4n) is 2.61. The standard InChI is InChI=1S/C18H15NO3/c1-19-14-11-7-6-10-13(14)17(22-2)15(18(19)21)16(20)12-8-4-3-5-9-12/h3-11H,1-2H3. The molecule has 0 N–H and O–H groups in total. The quantitative estimate of drug-likeness (QED) is 0.698. The second-order valence-electron chi connectivity index (χ2n) is 4.98. The highest BCUT2D eigenvalue weighted by molar-refractivity contribution is 6.13. The first kappa shape index (κ1) is 14.1. The summed E-state index contributed by atoms with van der Waals surface area (Å²) in [6.07, 6.45) is 0. The molecule has 0 bridgehead atoms. The largest absolute Gasteiger partial charge is 0.495 e. The number of ketones is 1. The molecule has 0 atom stereocenters. The molecule has 0 saturated heterocycles. The van der Waals surface area contributed by atoms with Crippen LogP contribution in [-0.4, -0.2) is 17.5 Å². The van der Waals surface area contributed by atoms with E-state index in [1.165, 1.54) is 11.7 Å². The topological polar surface area (TPSA) is 48.3 Å². The molecule has 3 aromatic rings. The Labute approximate surface area is 127 Å². The summed E-state index contributed by atoms with van der Waals surface area (Å²) in [5.41, 5.74) is 0.904. The number of hydrogen-bond acceptors (Lipinski definition) is 3. The third-order valence-corrected chi connectivity index (χ3v) is 3.72. The maximum absolute atomic E-state index is 12.7. The number of hydrogen-bond donors (Lipinski definition) is 0. The lowest BCUT2D eigenvalue weighted by atomic mass is 10.0. The van der Waals surface area contributed by atoms with Gasteiger partial charge in [0, 0.05) is 18.0 Å². The van der Waals surface area contributed by atoms with Crippen molar-refractivity contribution in [2.75, 3.05) is 7.11 Å². The van der Waals surface area contributed by atoms with Crippen LogP contribution < -0.4 is 10.3 Å². The van der Waals surface area contributed by atoms with E-state index in [-0.39, 0.29) is 16.9 Å². The number of ether oxygens (including phenoxy) is 1. The molecule has 110 valence electrons. The summed E-state index contributed by atoms with van der Waals surface area (Å²) in [6, 6.07) is 16.1. The SMILES string of the molecule is COc1c(C(=O)c2ccccc2)c(=O)n(C)c2ccccc12. The van der Waals surface area contributed by atoms with E-state index >= 15 is 0 Å². The summed E-state index contributed by atoms with van der Waals surface area (Å²) >= 11 is 0. The zero-order valence-electron chi connectivity index (χ0n) is 12.4. The summed E-state index contributed by atoms with van der Waals surface area (Å²) in [5, 5.41) is 0.742. The molecule has 0 spiro atoms. The van der Waals surface area contributed by atoms with Crippen LogP contribution in [0, 0.1) is 0 Å². The normalized spacial score (nSPS) is 10.6. The fraction of sp³-hybridized carbons (Fsp3) is 0.111. The van der Waals surface area contributed by atoms with Gasteiger partial charge >= 0.3 is 0 Å². The monoisotopic (exact) mass is 293 g/mol. The first-order valence-electron chi connectivity index (χ1n) is 6.90. The number of carbonyl (C=O) groups is 1. The van der Waals surface area contributed by atoms with E-state index in [4.69, 9.17) is 4.74 Å². The van der Waals surface area contributed by atoms with Crippen molar-refractivity contribution in [2.45, 2.75) is 0 Å². The van der Waals surface area contributed by atoms with Gasteiger partial charge < -0.3 is 9.30 Å². The number of aryl methyl sites for hydroxylation is 1. The van der Waals surface area contributed by atoms with Crippen molar-refractivity contribution in [3.05, 3.63) is 76.1 Å². The molecule has 0 fully saturated rings. The maximum Gasteiger partial charge on any atom is 0.265 e. The van der Waals surface area contributed by atoms with Crippen LogP contribution in [-0.2, 0) is 7.05 Å². The third-order valence-electron chi connectivity index (χ3n) is 3.72. The van der Waals surface area contributed by atoms with Crippen molar-refractivity contribution in [1.82, 2.24) is 4.57 Å². The fourth-order valence-corrected chi connectivity index (χ4v) is 2.61. The van der Waals surface area contributed by atoms with Gasteiger partial charge in [0.1, 0.15) is 11.3 Å². The number of rotatable bonds is 3. The van der Waals surface area contributed by atoms with E-state index in [1.807, 2.05) is 30.3 Å². The summed E-state index contributed by atoms with van der Waals surface area (Å²) in [7, 11) is 3.13. The molecule has 4 nitrogen and oxygen atoms in total. The highest BCUT2D eigenvalue weighted by Crippen LogP contribution is 2.28. The number of nitrogens with zero attached hydrogens (tertiary/aromatic N) is 1. The third kappa shape index (κ3) is 2.09. The molecule has 3 rings (SSSR count). The van der Waals surface area contributed by atoms with Crippen molar-refractivity contribution >= 4 is 16.7 Å². The summed E-state index contributed by atoms with van der Waals surface area (Å²) in [4.78, 5) is 25.4. The Bertz CT molecular complexity index is 911. The van der Waals surface area contributed by atoms with E-state index < -0.39 is 0 Å². The molecule has 0 saturated carbocycles. The van der Waals surface area contributed by atoms with Gasteiger partial charge in [-0.3, -0.25) is 9.59 Å². The van der Waals surface area contributed by atoms with Crippen LogP contribution in [0.4, 0.5) is 0 Å². The molecule has 22 heavy (non-hydrogen) atoms. The lowest BCUT2D eigenvalue weighted by Crippen LogP contribution is -2.26. The zero-order chi connectivity index (χ0) is 15.7. The van der Waals surface area contributed by atoms with Crippen LogP contribution in [0.3, 0.4) is 0 Å². The molecule has 4 heteroatoms. The van der Waals surface area contributed by atoms with Gasteiger partial charge in [-0.15, -0.1) is 0 Å². The van der Waals surface area contributed by atoms with Crippen LogP contribution in [0.1, 0.15) is 15.9 Å². The van der Waals surface area contributed by atoms with Gasteiger partial charge in [-0.2, -0.15) is 0 Å². The summed E-state index contributed by atoms with van der Waals surface area (Å²) in [5.74, 6) is -0.00337. The summed E-state index contributed by atoms with van der Waals surface area (Å²) < 4.78 is 6.88. The molecule has 0 aliphatic carbocycles. The molecule has 1 heterocycles. The van der Waals surface area contributed by atoms with Gasteiger partial charge in [-0.25, -0.2) is 0 Å². The van der Waals surface area contributed by atoms with Gasteiger partial charge in [-0.05, 0) is 12.1 Å². The minimum atomic E-state index is -0.357. The number of pyridine rings is 1. The Morgan fingerprint density at radius 2 is 1.64 bits per heavy atom. The van der Waals surface area contributed by atoms with E-state index in [9.17, 15) is 9.59 Å². The summed E-state index contributed by atoms with van der Waals surface area (Å²) in [6.45, 7) is 0. The smallest absolute Gasteiger partial charge is 0.265 e. The maximum atomic E-state index is 12.7. The number of methoxy groups -OCH3 is 1. The first-order chi connectivity index (χ1) is 10.6. The highest BCUT2D eigenvalue weighted by Gasteiger charge is 2.22. The highest BCUT2D eigenvalue weighted by atomic mass is 16.5. The van der Waals surface area contributed by atoms with Gasteiger partial charge in [0.05, 0.1) is 12.6 Å². The molecule has 1 aromatic heterocycles. The average molecular weight is 293 g/mol. The number of carbonyl (C=O) groups excluding carboxylic acids is 1. The van der Waals surface area contributed by atoms with Gasteiger partial charge in [-0.1, -0.05) is 42.5 Å². The molecular weight excluding hydrogens is 278 g/mol. The molecule has 2 aromatic carbocycles. The van der Waals surface area contributed by atoms with Crippen LogP contribution >= 0.6 is 0 Å². The molecule has 0 aliphatic rings. The van der Waals surface area contributed by atoms with Gasteiger partial charge in [0.15, 0.2) is 0 Å². The predicted octanol–water partition coefficient (Wildman–Crippen LogP) is 2.78. The van der Waals surface area contributed by atoms with Crippen LogP contribution in [0.15, 0.2) is 59.4 Å².